The fourth-order valence-corrected chi connectivity index (χ4v) is 3.65. The van der Waals surface area contributed by atoms with E-state index in [2.05, 4.69) is 26.0 Å². The van der Waals surface area contributed by atoms with Gasteiger partial charge in [-0.25, -0.2) is 0 Å². The zero-order valence-corrected chi connectivity index (χ0v) is 19.8. The number of rotatable bonds is 22. The summed E-state index contributed by atoms with van der Waals surface area (Å²) >= 11 is 0. The molecule has 0 fully saturated rings. The second-order valence-electron chi connectivity index (χ2n) is 8.52. The van der Waals surface area contributed by atoms with Crippen molar-refractivity contribution in [3.63, 3.8) is 0 Å². The molecular weight excluding hydrogens is 376 g/mol. The molecule has 1 N–H and O–H groups in total. The first-order chi connectivity index (χ1) is 14.6. The van der Waals surface area contributed by atoms with E-state index in [9.17, 15) is 9.59 Å². The lowest BCUT2D eigenvalue weighted by Crippen LogP contribution is -2.18. The van der Waals surface area contributed by atoms with Crippen LogP contribution in [0.15, 0.2) is 12.2 Å². The molecule has 0 saturated heterocycles. The third-order valence-electron chi connectivity index (χ3n) is 5.47. The summed E-state index contributed by atoms with van der Waals surface area (Å²) < 4.78 is 5.55. The highest BCUT2D eigenvalue weighted by molar-refractivity contribution is 5.69. The molecule has 176 valence electrons. The van der Waals surface area contributed by atoms with Crippen LogP contribution in [0.1, 0.15) is 136 Å². The molecule has 0 rings (SSSR count). The smallest absolute Gasteiger partial charge is 0.306 e. The molecular formula is C26H48O4. The lowest BCUT2D eigenvalue weighted by Gasteiger charge is -2.17. The number of carboxylic acids is 1. The second-order valence-corrected chi connectivity index (χ2v) is 8.52. The molecule has 4 heteroatoms. The Bertz CT molecular complexity index is 431. The molecule has 0 amide bonds. The summed E-state index contributed by atoms with van der Waals surface area (Å²) in [5.41, 5.74) is 0. The summed E-state index contributed by atoms with van der Waals surface area (Å²) in [4.78, 5) is 22.6. The largest absolute Gasteiger partial charge is 0.481 e. The molecule has 1 unspecified atom stereocenters. The molecule has 0 aromatic carbocycles. The van der Waals surface area contributed by atoms with Crippen LogP contribution < -0.4 is 0 Å². The summed E-state index contributed by atoms with van der Waals surface area (Å²) in [5.74, 6) is -0.911. The molecule has 0 aromatic heterocycles. The predicted molar refractivity (Wildman–Crippen MR) is 126 cm³/mol. The maximum atomic E-state index is 12.0. The minimum Gasteiger partial charge on any atom is -0.481 e. The fourth-order valence-electron chi connectivity index (χ4n) is 3.65. The highest BCUT2D eigenvalue weighted by Crippen LogP contribution is 2.14. The van der Waals surface area contributed by atoms with Gasteiger partial charge in [-0.3, -0.25) is 9.59 Å². The van der Waals surface area contributed by atoms with Gasteiger partial charge in [0.15, 0.2) is 0 Å². The zero-order valence-electron chi connectivity index (χ0n) is 19.8. The van der Waals surface area contributed by atoms with Crippen molar-refractivity contribution in [3.8, 4) is 0 Å². The van der Waals surface area contributed by atoms with Crippen LogP contribution in [0, 0.1) is 0 Å². The first kappa shape index (κ1) is 28.7. The van der Waals surface area contributed by atoms with E-state index in [0.717, 1.165) is 25.7 Å². The molecule has 4 nitrogen and oxygen atoms in total. The number of ether oxygens (including phenoxy) is 1. The molecule has 0 aliphatic carbocycles. The van der Waals surface area contributed by atoms with Crippen LogP contribution >= 0.6 is 0 Å². The summed E-state index contributed by atoms with van der Waals surface area (Å²) in [6.45, 7) is 4.32. The molecule has 0 aliphatic heterocycles. The number of carbonyl (C=O) groups excluding carboxylic acids is 1. The van der Waals surface area contributed by atoms with Gasteiger partial charge in [0, 0.05) is 12.8 Å². The molecule has 0 aliphatic rings. The Hall–Kier alpha value is -1.32. The molecule has 0 saturated carbocycles. The van der Waals surface area contributed by atoms with Crippen molar-refractivity contribution in [1.29, 1.82) is 0 Å². The minimum atomic E-state index is -0.787. The van der Waals surface area contributed by atoms with Crippen LogP contribution in [0.25, 0.3) is 0 Å². The predicted octanol–water partition coefficient (Wildman–Crippen LogP) is 7.99. The Morgan fingerprint density at radius 3 is 1.83 bits per heavy atom. The summed E-state index contributed by atoms with van der Waals surface area (Å²) in [7, 11) is 0. The van der Waals surface area contributed by atoms with E-state index in [-0.39, 0.29) is 18.5 Å². The number of hydrogen-bond acceptors (Lipinski definition) is 3. The van der Waals surface area contributed by atoms with Crippen molar-refractivity contribution in [2.24, 2.45) is 0 Å². The quantitative estimate of drug-likeness (QED) is 0.109. The molecule has 0 bridgehead atoms. The lowest BCUT2D eigenvalue weighted by molar-refractivity contribution is -0.150. The van der Waals surface area contributed by atoms with E-state index in [1.165, 1.54) is 70.6 Å². The van der Waals surface area contributed by atoms with Gasteiger partial charge in [0.05, 0.1) is 0 Å². The number of unbranched alkanes of at least 4 members (excludes halogenated alkanes) is 11. The van der Waals surface area contributed by atoms with Gasteiger partial charge in [-0.05, 0) is 51.4 Å². The van der Waals surface area contributed by atoms with E-state index < -0.39 is 5.97 Å². The number of esters is 1. The molecule has 0 aromatic rings. The Morgan fingerprint density at radius 2 is 1.27 bits per heavy atom. The van der Waals surface area contributed by atoms with Crippen LogP contribution in [0.4, 0.5) is 0 Å². The first-order valence-electron chi connectivity index (χ1n) is 12.7. The first-order valence-corrected chi connectivity index (χ1v) is 12.7. The number of allylic oxidation sites excluding steroid dienone is 2. The van der Waals surface area contributed by atoms with E-state index >= 15 is 0 Å². The van der Waals surface area contributed by atoms with Crippen LogP contribution in [0.5, 0.6) is 0 Å². The van der Waals surface area contributed by atoms with Crippen molar-refractivity contribution in [2.45, 2.75) is 142 Å². The van der Waals surface area contributed by atoms with E-state index in [1.807, 2.05) is 0 Å². The minimum absolute atomic E-state index is 0.120. The Balaban J connectivity index is 3.54. The fraction of sp³-hybridized carbons (Fsp3) is 0.846. The van der Waals surface area contributed by atoms with Gasteiger partial charge in [-0.1, -0.05) is 83.8 Å². The van der Waals surface area contributed by atoms with Gasteiger partial charge in [-0.15, -0.1) is 0 Å². The van der Waals surface area contributed by atoms with E-state index in [4.69, 9.17) is 9.84 Å². The molecule has 0 heterocycles. The summed E-state index contributed by atoms with van der Waals surface area (Å²) in [6.07, 6.45) is 24.4. The van der Waals surface area contributed by atoms with Crippen molar-refractivity contribution in [2.75, 3.05) is 0 Å². The molecule has 30 heavy (non-hydrogen) atoms. The van der Waals surface area contributed by atoms with Gasteiger partial charge in [-0.2, -0.15) is 0 Å². The third-order valence-corrected chi connectivity index (χ3v) is 5.47. The normalized spacial score (nSPS) is 12.3. The highest BCUT2D eigenvalue weighted by Gasteiger charge is 2.14. The number of hydrogen-bond donors (Lipinski definition) is 1. The van der Waals surface area contributed by atoms with Gasteiger partial charge in [0.1, 0.15) is 6.10 Å². The number of carbonyl (C=O) groups is 2. The van der Waals surface area contributed by atoms with E-state index in [0.29, 0.717) is 19.3 Å². The molecule has 0 radical (unpaired) electrons. The number of carboxylic acid groups (broad SMARTS) is 1. The third kappa shape index (κ3) is 21.4. The lowest BCUT2D eigenvalue weighted by atomic mass is 10.1. The van der Waals surface area contributed by atoms with Crippen molar-refractivity contribution in [1.82, 2.24) is 0 Å². The number of aliphatic carboxylic acids is 1. The van der Waals surface area contributed by atoms with Gasteiger partial charge in [0.25, 0.3) is 0 Å². The van der Waals surface area contributed by atoms with Crippen molar-refractivity contribution >= 4 is 11.9 Å². The van der Waals surface area contributed by atoms with Crippen LogP contribution in [0.2, 0.25) is 0 Å². The van der Waals surface area contributed by atoms with Crippen LogP contribution in [0.3, 0.4) is 0 Å². The Labute approximate surface area is 185 Å². The van der Waals surface area contributed by atoms with Crippen molar-refractivity contribution in [3.05, 3.63) is 12.2 Å². The van der Waals surface area contributed by atoms with E-state index in [1.54, 1.807) is 0 Å². The van der Waals surface area contributed by atoms with Gasteiger partial charge >= 0.3 is 11.9 Å². The Kier molecular flexibility index (Phi) is 21.4. The van der Waals surface area contributed by atoms with Crippen LogP contribution in [-0.2, 0) is 14.3 Å². The second kappa shape index (κ2) is 22.4. The van der Waals surface area contributed by atoms with Crippen molar-refractivity contribution < 1.29 is 19.4 Å². The SMILES string of the molecule is CCCCCCCC/C=C\CCCCCCCC(=O)OC(CCC)CCCC(=O)O. The summed E-state index contributed by atoms with van der Waals surface area (Å²) in [5, 5.41) is 8.73. The maximum absolute atomic E-state index is 12.0. The maximum Gasteiger partial charge on any atom is 0.306 e. The average Bonchev–Trinajstić information content (AvgIpc) is 2.70. The van der Waals surface area contributed by atoms with Gasteiger partial charge in [0.2, 0.25) is 0 Å². The summed E-state index contributed by atoms with van der Waals surface area (Å²) in [6, 6.07) is 0. The topological polar surface area (TPSA) is 63.6 Å². The average molecular weight is 425 g/mol. The highest BCUT2D eigenvalue weighted by atomic mass is 16.5. The van der Waals surface area contributed by atoms with Crippen LogP contribution in [-0.4, -0.2) is 23.1 Å². The molecule has 1 atom stereocenters. The monoisotopic (exact) mass is 424 g/mol. The molecule has 0 spiro atoms. The zero-order chi connectivity index (χ0) is 22.3. The standard InChI is InChI=1S/C26H48O4/c1-3-5-6-7-8-9-10-11-12-13-14-15-16-17-18-23-26(29)30-24(20-4-2)21-19-22-25(27)28/h11-12,24H,3-10,13-23H2,1-2H3,(H,27,28)/b12-11-. The Morgan fingerprint density at radius 1 is 0.700 bits per heavy atom. The van der Waals surface area contributed by atoms with Gasteiger partial charge < -0.3 is 9.84 Å².